The van der Waals surface area contributed by atoms with Crippen LogP contribution < -0.4 is 16.1 Å². The Morgan fingerprint density at radius 2 is 1.92 bits per heavy atom. The van der Waals surface area contributed by atoms with Gasteiger partial charge < -0.3 is 15.4 Å². The molecule has 0 aliphatic carbocycles. The van der Waals surface area contributed by atoms with Crippen LogP contribution in [0.3, 0.4) is 0 Å². The van der Waals surface area contributed by atoms with Crippen LogP contribution >= 0.6 is 11.8 Å². The highest BCUT2D eigenvalue weighted by Gasteiger charge is 2.49. The second-order valence-corrected chi connectivity index (χ2v) is 6.47. The molecule has 1 aromatic rings. The van der Waals surface area contributed by atoms with Gasteiger partial charge >= 0.3 is 5.51 Å². The fraction of sp³-hybridized carbons (Fsp3) is 0.429. The molecule has 4 N–H and O–H groups in total. The van der Waals surface area contributed by atoms with Gasteiger partial charge in [0.25, 0.3) is 11.8 Å². The van der Waals surface area contributed by atoms with Crippen LogP contribution in [-0.4, -0.2) is 54.4 Å². The van der Waals surface area contributed by atoms with Crippen molar-refractivity contribution in [1.82, 2.24) is 16.1 Å². The molecular formula is C14H16F3N3O4S. The van der Waals surface area contributed by atoms with Crippen LogP contribution in [0.15, 0.2) is 29.2 Å². The zero-order valence-electron chi connectivity index (χ0n) is 13.0. The van der Waals surface area contributed by atoms with Crippen molar-refractivity contribution in [2.45, 2.75) is 22.0 Å². The summed E-state index contributed by atoms with van der Waals surface area (Å²) in [6.07, 6.45) is 0. The van der Waals surface area contributed by atoms with Gasteiger partial charge in [0, 0.05) is 30.7 Å². The third-order valence-corrected chi connectivity index (χ3v) is 4.52. The molecule has 1 aliphatic rings. The molecule has 138 valence electrons. The number of hydroxylamine groups is 1. The first-order chi connectivity index (χ1) is 11.7. The first-order valence-electron chi connectivity index (χ1n) is 7.07. The molecule has 1 atom stereocenters. The monoisotopic (exact) mass is 379 g/mol. The number of ether oxygens (including phenoxy) is 1. The smallest absolute Gasteiger partial charge is 0.373 e. The molecule has 1 heterocycles. The Kier molecular flexibility index (Phi) is 5.93. The van der Waals surface area contributed by atoms with Crippen LogP contribution in [0.25, 0.3) is 0 Å². The lowest BCUT2D eigenvalue weighted by Crippen LogP contribution is -2.74. The lowest BCUT2D eigenvalue weighted by atomic mass is 9.87. The van der Waals surface area contributed by atoms with E-state index in [2.05, 4.69) is 10.6 Å². The minimum Gasteiger partial charge on any atom is -0.373 e. The van der Waals surface area contributed by atoms with Crippen LogP contribution in [0, 0.1) is 0 Å². The van der Waals surface area contributed by atoms with Crippen molar-refractivity contribution in [3.63, 3.8) is 0 Å². The highest BCUT2D eigenvalue weighted by Crippen LogP contribution is 2.36. The number of methoxy groups -OCH3 is 1. The third-order valence-electron chi connectivity index (χ3n) is 3.78. The first-order valence-corrected chi connectivity index (χ1v) is 7.89. The van der Waals surface area contributed by atoms with Gasteiger partial charge in [-0.25, -0.2) is 5.48 Å². The van der Waals surface area contributed by atoms with E-state index in [0.717, 1.165) is 12.1 Å². The Hall–Kier alpha value is -1.82. The number of hydrogen-bond donors (Lipinski definition) is 4. The van der Waals surface area contributed by atoms with Crippen LogP contribution in [0.5, 0.6) is 0 Å². The average Bonchev–Trinajstić information content (AvgIpc) is 2.51. The van der Waals surface area contributed by atoms with Crippen molar-refractivity contribution in [2.75, 3.05) is 20.2 Å². The molecule has 2 rings (SSSR count). The number of carbonyl (C=O) groups is 2. The molecule has 1 unspecified atom stereocenters. The van der Waals surface area contributed by atoms with Gasteiger partial charge in [-0.3, -0.25) is 14.8 Å². The summed E-state index contributed by atoms with van der Waals surface area (Å²) < 4.78 is 42.2. The van der Waals surface area contributed by atoms with Crippen molar-refractivity contribution in [3.8, 4) is 0 Å². The molecular weight excluding hydrogens is 363 g/mol. The fourth-order valence-corrected chi connectivity index (χ4v) is 2.90. The molecule has 1 fully saturated rings. The van der Waals surface area contributed by atoms with Gasteiger partial charge in [0.1, 0.15) is 11.6 Å². The maximum absolute atomic E-state index is 12.3. The molecule has 1 aromatic carbocycles. The lowest BCUT2D eigenvalue weighted by Gasteiger charge is -2.45. The number of carbonyl (C=O) groups excluding carboxylic acids is 2. The highest BCUT2D eigenvalue weighted by molar-refractivity contribution is 8.00. The molecule has 2 amide bonds. The predicted molar refractivity (Wildman–Crippen MR) is 82.1 cm³/mol. The molecule has 0 spiro atoms. The highest BCUT2D eigenvalue weighted by atomic mass is 32.2. The number of rotatable bonds is 6. The summed E-state index contributed by atoms with van der Waals surface area (Å²) in [6.45, 7) is 0.562. The molecule has 0 radical (unpaired) electrons. The number of benzene rings is 1. The third kappa shape index (κ3) is 4.63. The Morgan fingerprint density at radius 1 is 1.32 bits per heavy atom. The second kappa shape index (κ2) is 7.60. The summed E-state index contributed by atoms with van der Waals surface area (Å²) in [6, 6.07) is 3.57. The Morgan fingerprint density at radius 3 is 2.32 bits per heavy atom. The Balaban J connectivity index is 2.11. The van der Waals surface area contributed by atoms with Gasteiger partial charge in [-0.1, -0.05) is 0 Å². The maximum Gasteiger partial charge on any atom is 0.446 e. The van der Waals surface area contributed by atoms with Crippen molar-refractivity contribution < 1.29 is 32.7 Å². The standard InChI is InChI=1S/C14H16F3N3O4S/c1-24-13(6-18-7-13)10(12(22)20-23)19-11(21)8-2-4-9(5-3-8)25-14(15,16)17/h2-5,10,18,23H,6-7H2,1H3,(H,19,21)(H,20,22). The quantitative estimate of drug-likeness (QED) is 0.333. The summed E-state index contributed by atoms with van der Waals surface area (Å²) in [7, 11) is 1.37. The summed E-state index contributed by atoms with van der Waals surface area (Å²) >= 11 is -0.293. The van der Waals surface area contributed by atoms with E-state index < -0.39 is 29.0 Å². The molecule has 25 heavy (non-hydrogen) atoms. The second-order valence-electron chi connectivity index (χ2n) is 5.33. The summed E-state index contributed by atoms with van der Waals surface area (Å²) in [4.78, 5) is 24.1. The number of alkyl halides is 3. The Bertz CT molecular complexity index is 630. The first kappa shape index (κ1) is 19.5. The Labute approximate surface area is 145 Å². The van der Waals surface area contributed by atoms with E-state index in [9.17, 15) is 22.8 Å². The summed E-state index contributed by atoms with van der Waals surface area (Å²) in [5, 5.41) is 14.2. The van der Waals surface area contributed by atoms with Crippen LogP contribution in [0.1, 0.15) is 10.4 Å². The number of amides is 2. The zero-order chi connectivity index (χ0) is 18.7. The largest absolute Gasteiger partial charge is 0.446 e. The molecule has 1 saturated heterocycles. The van der Waals surface area contributed by atoms with E-state index in [-0.39, 0.29) is 35.3 Å². The van der Waals surface area contributed by atoms with Gasteiger partial charge in [0.05, 0.1) is 0 Å². The minimum absolute atomic E-state index is 0.0646. The number of nitrogens with one attached hydrogen (secondary N) is 3. The van der Waals surface area contributed by atoms with Gasteiger partial charge in [-0.15, -0.1) is 0 Å². The van der Waals surface area contributed by atoms with Gasteiger partial charge in [-0.05, 0) is 36.0 Å². The number of thioether (sulfide) groups is 1. The molecule has 0 bridgehead atoms. The van der Waals surface area contributed by atoms with Crippen LogP contribution in [0.2, 0.25) is 0 Å². The zero-order valence-corrected chi connectivity index (χ0v) is 13.8. The van der Waals surface area contributed by atoms with E-state index >= 15 is 0 Å². The normalized spacial score (nSPS) is 17.3. The SMILES string of the molecule is COC1(C(NC(=O)c2ccc(SC(F)(F)F)cc2)C(=O)NO)CNC1. The van der Waals surface area contributed by atoms with E-state index in [4.69, 9.17) is 9.94 Å². The van der Waals surface area contributed by atoms with Crippen molar-refractivity contribution in [2.24, 2.45) is 0 Å². The van der Waals surface area contributed by atoms with Crippen LogP contribution in [0.4, 0.5) is 13.2 Å². The van der Waals surface area contributed by atoms with E-state index in [1.54, 1.807) is 0 Å². The minimum atomic E-state index is -4.42. The molecule has 7 nitrogen and oxygen atoms in total. The van der Waals surface area contributed by atoms with E-state index in [0.29, 0.717) is 0 Å². The lowest BCUT2D eigenvalue weighted by molar-refractivity contribution is -0.145. The average molecular weight is 379 g/mol. The molecule has 1 aliphatic heterocycles. The number of hydrogen-bond acceptors (Lipinski definition) is 6. The topological polar surface area (TPSA) is 99.7 Å². The number of halogens is 3. The van der Waals surface area contributed by atoms with Gasteiger partial charge in [-0.2, -0.15) is 13.2 Å². The molecule has 0 aromatic heterocycles. The van der Waals surface area contributed by atoms with Gasteiger partial charge in [0.15, 0.2) is 0 Å². The summed E-state index contributed by atoms with van der Waals surface area (Å²) in [5.41, 5.74) is -3.89. The van der Waals surface area contributed by atoms with Crippen LogP contribution in [-0.2, 0) is 9.53 Å². The molecule has 11 heteroatoms. The van der Waals surface area contributed by atoms with Crippen molar-refractivity contribution in [1.29, 1.82) is 0 Å². The van der Waals surface area contributed by atoms with Crippen molar-refractivity contribution in [3.05, 3.63) is 29.8 Å². The van der Waals surface area contributed by atoms with Crippen molar-refractivity contribution >= 4 is 23.6 Å². The fourth-order valence-electron chi connectivity index (χ4n) is 2.36. The van der Waals surface area contributed by atoms with Gasteiger partial charge in [0.2, 0.25) is 0 Å². The van der Waals surface area contributed by atoms with E-state index in [1.165, 1.54) is 24.7 Å². The molecule has 0 saturated carbocycles. The van der Waals surface area contributed by atoms with E-state index in [1.807, 2.05) is 0 Å². The summed E-state index contributed by atoms with van der Waals surface area (Å²) in [5.74, 6) is -1.54. The predicted octanol–water partition coefficient (Wildman–Crippen LogP) is 0.891. The maximum atomic E-state index is 12.3.